The van der Waals surface area contributed by atoms with Crippen molar-refractivity contribution < 1.29 is 0 Å². The molecule has 5 rings (SSSR count). The predicted molar refractivity (Wildman–Crippen MR) is 95.5 cm³/mol. The minimum Gasteiger partial charge on any atom is -0.0623 e. The van der Waals surface area contributed by atoms with E-state index >= 15 is 0 Å². The van der Waals surface area contributed by atoms with Gasteiger partial charge in [0, 0.05) is 0 Å². The third-order valence-corrected chi connectivity index (χ3v) is 10.4. The van der Waals surface area contributed by atoms with Crippen molar-refractivity contribution in [2.75, 3.05) is 0 Å². The highest BCUT2D eigenvalue weighted by Gasteiger charge is 2.48. The molecule has 0 saturated heterocycles. The maximum Gasteiger partial charge on any atom is 0.128 e. The summed E-state index contributed by atoms with van der Waals surface area (Å²) < 4.78 is 0. The van der Waals surface area contributed by atoms with Crippen molar-refractivity contribution in [3.63, 3.8) is 0 Å². The van der Waals surface area contributed by atoms with Gasteiger partial charge in [-0.25, -0.2) is 0 Å². The minimum absolute atomic E-state index is 1.27. The lowest BCUT2D eigenvalue weighted by Gasteiger charge is -2.24. The molecule has 1 heteroatoms. The lowest BCUT2D eigenvalue weighted by atomic mass is 10.0. The van der Waals surface area contributed by atoms with Crippen LogP contribution in [-0.2, 0) is 12.1 Å². The number of aryl methyl sites for hydroxylation is 1. The van der Waals surface area contributed by atoms with Gasteiger partial charge in [0.2, 0.25) is 0 Å². The molecule has 0 bridgehead atoms. The van der Waals surface area contributed by atoms with Gasteiger partial charge < -0.3 is 0 Å². The molecule has 0 atom stereocenters. The Kier molecular flexibility index (Phi) is 2.37. The average molecular weight is 298 g/mol. The zero-order valence-electron chi connectivity index (χ0n) is 12.8. The zero-order valence-corrected chi connectivity index (χ0v) is 13.8. The minimum atomic E-state index is -1.64. The highest BCUT2D eigenvalue weighted by Crippen LogP contribution is 2.37. The highest BCUT2D eigenvalue weighted by atomic mass is 28.3. The van der Waals surface area contributed by atoms with Gasteiger partial charge in [0.15, 0.2) is 0 Å². The van der Waals surface area contributed by atoms with Crippen molar-refractivity contribution in [3.8, 4) is 11.1 Å². The van der Waals surface area contributed by atoms with Crippen LogP contribution in [0, 0.1) is 6.92 Å². The van der Waals surface area contributed by atoms with E-state index in [9.17, 15) is 0 Å². The summed E-state index contributed by atoms with van der Waals surface area (Å²) >= 11 is 0. The normalized spacial score (nSPS) is 16.4. The molecule has 0 N–H and O–H groups in total. The molecule has 0 unspecified atom stereocenters. The molecule has 0 radical (unpaired) electrons. The Morgan fingerprint density at radius 1 is 0.682 bits per heavy atom. The smallest absolute Gasteiger partial charge is 0.0623 e. The van der Waals surface area contributed by atoms with Gasteiger partial charge in [0.05, 0.1) is 0 Å². The fourth-order valence-corrected chi connectivity index (χ4v) is 10.0. The topological polar surface area (TPSA) is 0 Å². The molecule has 0 fully saturated rings. The van der Waals surface area contributed by atoms with E-state index in [1.165, 1.54) is 28.8 Å². The Bertz CT molecular complexity index is 882. The first-order valence-electron chi connectivity index (χ1n) is 8.06. The van der Waals surface area contributed by atoms with Gasteiger partial charge >= 0.3 is 0 Å². The third kappa shape index (κ3) is 1.47. The van der Waals surface area contributed by atoms with Crippen LogP contribution >= 0.6 is 0 Å². The van der Waals surface area contributed by atoms with Crippen molar-refractivity contribution in [2.45, 2.75) is 19.0 Å². The van der Waals surface area contributed by atoms with Crippen molar-refractivity contribution in [1.82, 2.24) is 0 Å². The molecular weight excluding hydrogens is 280 g/mol. The summed E-state index contributed by atoms with van der Waals surface area (Å²) in [5.41, 5.74) is 7.54. The van der Waals surface area contributed by atoms with Gasteiger partial charge in [-0.2, -0.15) is 0 Å². The molecule has 1 spiro atoms. The van der Waals surface area contributed by atoms with Crippen molar-refractivity contribution in [1.29, 1.82) is 0 Å². The van der Waals surface area contributed by atoms with Crippen LogP contribution in [0.2, 0.25) is 0 Å². The van der Waals surface area contributed by atoms with E-state index in [1.54, 1.807) is 21.5 Å². The Morgan fingerprint density at radius 3 is 2.09 bits per heavy atom. The number of hydrogen-bond donors (Lipinski definition) is 0. The Labute approximate surface area is 132 Å². The van der Waals surface area contributed by atoms with Crippen molar-refractivity contribution >= 4 is 18.4 Å². The molecule has 3 aromatic rings. The molecular formula is C21H18Si. The maximum atomic E-state index is 2.43. The van der Waals surface area contributed by atoms with Gasteiger partial charge in [-0.1, -0.05) is 72.3 Å². The van der Waals surface area contributed by atoms with Crippen LogP contribution < -0.4 is 10.4 Å². The average Bonchev–Trinajstić information content (AvgIpc) is 3.05. The molecule has 2 aliphatic rings. The van der Waals surface area contributed by atoms with E-state index in [0.29, 0.717) is 0 Å². The van der Waals surface area contributed by atoms with E-state index in [0.717, 1.165) is 0 Å². The van der Waals surface area contributed by atoms with Gasteiger partial charge in [0.1, 0.15) is 8.07 Å². The first kappa shape index (κ1) is 12.4. The Balaban J connectivity index is 1.82. The van der Waals surface area contributed by atoms with Crippen molar-refractivity contribution in [2.24, 2.45) is 0 Å². The second-order valence-corrected chi connectivity index (χ2v) is 10.7. The van der Waals surface area contributed by atoms with E-state index in [-0.39, 0.29) is 0 Å². The Morgan fingerprint density at radius 2 is 1.32 bits per heavy atom. The molecule has 0 amide bonds. The second-order valence-electron chi connectivity index (χ2n) is 6.80. The zero-order chi connectivity index (χ0) is 14.7. The SMILES string of the molecule is Cc1ccc2c(c1)-c1ccccc1[Si]21Cc2ccccc2C1. The molecule has 2 aliphatic heterocycles. The van der Waals surface area contributed by atoms with Crippen LogP contribution in [0.15, 0.2) is 66.7 Å². The van der Waals surface area contributed by atoms with Gasteiger partial charge in [0.25, 0.3) is 0 Å². The van der Waals surface area contributed by atoms with Crippen LogP contribution in [0.25, 0.3) is 11.1 Å². The summed E-state index contributed by atoms with van der Waals surface area (Å²) in [5, 5.41) is 3.32. The van der Waals surface area contributed by atoms with E-state index in [4.69, 9.17) is 0 Å². The summed E-state index contributed by atoms with van der Waals surface area (Å²) in [5.74, 6) is 0. The summed E-state index contributed by atoms with van der Waals surface area (Å²) in [6, 6.07) is 27.9. The lowest BCUT2D eigenvalue weighted by molar-refractivity contribution is 1.35. The first-order valence-corrected chi connectivity index (χ1v) is 10.5. The van der Waals surface area contributed by atoms with E-state index in [2.05, 4.69) is 73.7 Å². The van der Waals surface area contributed by atoms with Gasteiger partial charge in [-0.05, 0) is 51.6 Å². The first-order chi connectivity index (χ1) is 10.8. The van der Waals surface area contributed by atoms with Crippen LogP contribution in [0.5, 0.6) is 0 Å². The van der Waals surface area contributed by atoms with E-state index in [1.807, 2.05) is 0 Å². The lowest BCUT2D eigenvalue weighted by Crippen LogP contribution is -2.57. The summed E-state index contributed by atoms with van der Waals surface area (Å²) in [7, 11) is -1.64. The third-order valence-electron chi connectivity index (χ3n) is 5.53. The van der Waals surface area contributed by atoms with Crippen LogP contribution in [0.1, 0.15) is 16.7 Å². The highest BCUT2D eigenvalue weighted by molar-refractivity contribution is 7.05. The number of fused-ring (bicyclic) bond motifs is 6. The summed E-state index contributed by atoms with van der Waals surface area (Å²) in [6.45, 7) is 2.21. The van der Waals surface area contributed by atoms with Crippen molar-refractivity contribution in [3.05, 3.63) is 83.4 Å². The van der Waals surface area contributed by atoms with Crippen LogP contribution in [0.3, 0.4) is 0 Å². The quantitative estimate of drug-likeness (QED) is 0.558. The second kappa shape index (κ2) is 4.20. The van der Waals surface area contributed by atoms with Crippen LogP contribution in [0.4, 0.5) is 0 Å². The molecule has 22 heavy (non-hydrogen) atoms. The maximum absolute atomic E-state index is 2.43. The molecule has 106 valence electrons. The Hall–Kier alpha value is -2.12. The van der Waals surface area contributed by atoms with Gasteiger partial charge in [-0.3, -0.25) is 0 Å². The number of rotatable bonds is 0. The summed E-state index contributed by atoms with van der Waals surface area (Å²) in [6.07, 6.45) is 0. The predicted octanol–water partition coefficient (Wildman–Crippen LogP) is 3.42. The van der Waals surface area contributed by atoms with Crippen LogP contribution in [-0.4, -0.2) is 8.07 Å². The monoisotopic (exact) mass is 298 g/mol. The standard InChI is InChI=1S/C21H18Si/c1-15-10-11-21-19(12-15)18-8-4-5-9-20(18)22(21)13-16-6-2-3-7-17(16)14-22/h2-12H,13-14H2,1H3. The fourth-order valence-electron chi connectivity index (χ4n) is 4.57. The fraction of sp³-hybridized carbons (Fsp3) is 0.143. The van der Waals surface area contributed by atoms with E-state index < -0.39 is 8.07 Å². The molecule has 2 heterocycles. The molecule has 3 aromatic carbocycles. The number of benzene rings is 3. The molecule has 0 aliphatic carbocycles. The molecule has 0 aromatic heterocycles. The number of hydrogen-bond acceptors (Lipinski definition) is 0. The molecule has 0 saturated carbocycles. The molecule has 0 nitrogen and oxygen atoms in total. The largest absolute Gasteiger partial charge is 0.128 e. The summed E-state index contributed by atoms with van der Waals surface area (Å²) in [4.78, 5) is 0. The van der Waals surface area contributed by atoms with Gasteiger partial charge in [-0.15, -0.1) is 0 Å².